The number of para-hydroxylation sites is 1. The Balaban J connectivity index is 1.93. The lowest BCUT2D eigenvalue weighted by Gasteiger charge is -2.37. The Morgan fingerprint density at radius 1 is 1.41 bits per heavy atom. The summed E-state index contributed by atoms with van der Waals surface area (Å²) in [7, 11) is 0. The summed E-state index contributed by atoms with van der Waals surface area (Å²) in [6.45, 7) is 4.87. The lowest BCUT2D eigenvalue weighted by Crippen LogP contribution is -2.43. The average molecular weight is 319 g/mol. The van der Waals surface area contributed by atoms with E-state index >= 15 is 0 Å². The minimum atomic E-state index is -0.340. The zero-order valence-electron chi connectivity index (χ0n) is 12.3. The van der Waals surface area contributed by atoms with Crippen molar-refractivity contribution < 1.29 is 9.26 Å². The molecule has 0 saturated carbocycles. The Labute approximate surface area is 133 Å². The fourth-order valence-corrected chi connectivity index (χ4v) is 2.94. The number of ether oxygens (including phenoxy) is 1. The quantitative estimate of drug-likeness (QED) is 0.847. The number of hydrogen-bond acceptors (Lipinski definition) is 6. The van der Waals surface area contributed by atoms with Crippen molar-refractivity contribution in [2.75, 3.05) is 18.0 Å². The number of benzene rings is 1. The number of aromatic nitrogens is 2. The lowest BCUT2D eigenvalue weighted by molar-refractivity contribution is -0.0331. The molecule has 0 bridgehead atoms. The third-order valence-corrected chi connectivity index (χ3v) is 3.81. The molecule has 0 unspecified atom stereocenters. The van der Waals surface area contributed by atoms with Gasteiger partial charge in [0.05, 0.1) is 28.9 Å². The van der Waals surface area contributed by atoms with E-state index in [1.807, 2.05) is 11.8 Å². The number of hydrogen-bond donors (Lipinski definition) is 0. The molecule has 22 heavy (non-hydrogen) atoms. The third kappa shape index (κ3) is 2.78. The number of halogens is 1. The largest absolute Gasteiger partial charge is 0.364 e. The van der Waals surface area contributed by atoms with Gasteiger partial charge in [-0.1, -0.05) is 22.8 Å². The van der Waals surface area contributed by atoms with E-state index in [0.29, 0.717) is 35.4 Å². The van der Waals surface area contributed by atoms with E-state index in [4.69, 9.17) is 20.9 Å². The molecular formula is C15H15ClN4O2. The van der Waals surface area contributed by atoms with Crippen LogP contribution in [-0.4, -0.2) is 29.3 Å². The second-order valence-corrected chi connectivity index (χ2v) is 5.68. The van der Waals surface area contributed by atoms with Crippen LogP contribution in [0.5, 0.6) is 0 Å². The molecule has 1 fully saturated rings. The van der Waals surface area contributed by atoms with Gasteiger partial charge in [-0.25, -0.2) is 0 Å². The number of aryl methyl sites for hydroxylation is 1. The summed E-state index contributed by atoms with van der Waals surface area (Å²) in [5.74, 6) is 1.01. The summed E-state index contributed by atoms with van der Waals surface area (Å²) in [6, 6.07) is 7.50. The van der Waals surface area contributed by atoms with Gasteiger partial charge in [-0.2, -0.15) is 10.2 Å². The second-order valence-electron chi connectivity index (χ2n) is 5.27. The molecule has 2 aromatic rings. The Morgan fingerprint density at radius 3 is 2.91 bits per heavy atom. The number of anilines is 1. The van der Waals surface area contributed by atoms with Gasteiger partial charge in [0, 0.05) is 6.54 Å². The van der Waals surface area contributed by atoms with E-state index in [0.717, 1.165) is 5.69 Å². The Hall–Kier alpha value is -2.10. The lowest BCUT2D eigenvalue weighted by atomic mass is 10.1. The number of nitrogens with zero attached hydrogens (tertiary/aromatic N) is 4. The van der Waals surface area contributed by atoms with Crippen LogP contribution in [0.3, 0.4) is 0 Å². The van der Waals surface area contributed by atoms with Crippen molar-refractivity contribution in [2.24, 2.45) is 0 Å². The van der Waals surface area contributed by atoms with Crippen LogP contribution in [-0.2, 0) is 4.74 Å². The molecule has 0 amide bonds. The molecule has 3 rings (SSSR count). The summed E-state index contributed by atoms with van der Waals surface area (Å²) >= 11 is 6.30. The SMILES string of the molecule is Cc1noc([C@H]2CN(c3c(Cl)cccc3C#N)C[C@@H](C)O2)n1. The highest BCUT2D eigenvalue weighted by Gasteiger charge is 2.32. The van der Waals surface area contributed by atoms with Gasteiger partial charge in [0.1, 0.15) is 6.07 Å². The van der Waals surface area contributed by atoms with Crippen molar-refractivity contribution >= 4 is 17.3 Å². The fourth-order valence-electron chi connectivity index (χ4n) is 2.64. The molecule has 1 aliphatic rings. The topological polar surface area (TPSA) is 75.2 Å². The molecule has 0 radical (unpaired) electrons. The van der Waals surface area contributed by atoms with E-state index in [-0.39, 0.29) is 12.2 Å². The third-order valence-electron chi connectivity index (χ3n) is 3.50. The summed E-state index contributed by atoms with van der Waals surface area (Å²) < 4.78 is 11.1. The summed E-state index contributed by atoms with van der Waals surface area (Å²) in [4.78, 5) is 6.28. The maximum absolute atomic E-state index is 9.32. The molecular weight excluding hydrogens is 304 g/mol. The fraction of sp³-hybridized carbons (Fsp3) is 0.400. The predicted octanol–water partition coefficient (Wildman–Crippen LogP) is 2.87. The zero-order valence-corrected chi connectivity index (χ0v) is 13.0. The van der Waals surface area contributed by atoms with E-state index < -0.39 is 0 Å². The summed E-state index contributed by atoms with van der Waals surface area (Å²) in [6.07, 6.45) is -0.387. The molecule has 1 aliphatic heterocycles. The van der Waals surface area contributed by atoms with Crippen LogP contribution >= 0.6 is 11.6 Å². The zero-order chi connectivity index (χ0) is 15.7. The molecule has 1 aromatic heterocycles. The first-order valence-electron chi connectivity index (χ1n) is 6.97. The Morgan fingerprint density at radius 2 is 2.23 bits per heavy atom. The number of nitriles is 1. The molecule has 2 atom stereocenters. The van der Waals surface area contributed by atoms with Gasteiger partial charge in [0.15, 0.2) is 11.9 Å². The van der Waals surface area contributed by atoms with Crippen LogP contribution in [0.25, 0.3) is 0 Å². The van der Waals surface area contributed by atoms with Crippen LogP contribution in [0.1, 0.15) is 30.3 Å². The van der Waals surface area contributed by atoms with Crippen LogP contribution in [0.4, 0.5) is 5.69 Å². The molecule has 6 nitrogen and oxygen atoms in total. The normalized spacial score (nSPS) is 21.6. The van der Waals surface area contributed by atoms with Gasteiger partial charge in [-0.15, -0.1) is 0 Å². The van der Waals surface area contributed by atoms with Crippen molar-refractivity contribution in [3.8, 4) is 6.07 Å². The Bertz CT molecular complexity index is 725. The van der Waals surface area contributed by atoms with Gasteiger partial charge in [-0.3, -0.25) is 0 Å². The standard InChI is InChI=1S/C15H15ClN4O2/c1-9-7-20(14-11(6-17)4-3-5-12(14)16)8-13(21-9)15-18-10(2)19-22-15/h3-5,9,13H,7-8H2,1-2H3/t9-,13-/m1/s1. The van der Waals surface area contributed by atoms with Crippen molar-refractivity contribution in [3.05, 3.63) is 40.5 Å². The molecule has 0 aliphatic carbocycles. The van der Waals surface area contributed by atoms with E-state index in [9.17, 15) is 5.26 Å². The number of rotatable bonds is 2. The molecule has 0 N–H and O–H groups in total. The van der Waals surface area contributed by atoms with Gasteiger partial charge < -0.3 is 14.2 Å². The van der Waals surface area contributed by atoms with E-state index in [1.54, 1.807) is 25.1 Å². The first-order valence-corrected chi connectivity index (χ1v) is 7.35. The molecule has 0 spiro atoms. The molecule has 7 heteroatoms. The van der Waals surface area contributed by atoms with Gasteiger partial charge in [0.25, 0.3) is 5.89 Å². The van der Waals surface area contributed by atoms with Crippen LogP contribution in [0.2, 0.25) is 5.02 Å². The van der Waals surface area contributed by atoms with Crippen LogP contribution in [0, 0.1) is 18.3 Å². The highest BCUT2D eigenvalue weighted by molar-refractivity contribution is 6.33. The molecule has 1 aromatic carbocycles. The predicted molar refractivity (Wildman–Crippen MR) is 80.7 cm³/mol. The van der Waals surface area contributed by atoms with Crippen molar-refractivity contribution in [3.63, 3.8) is 0 Å². The maximum atomic E-state index is 9.32. The van der Waals surface area contributed by atoms with Gasteiger partial charge >= 0.3 is 0 Å². The van der Waals surface area contributed by atoms with Gasteiger partial charge in [0.2, 0.25) is 0 Å². The second kappa shape index (κ2) is 5.95. The van der Waals surface area contributed by atoms with E-state index in [1.165, 1.54) is 0 Å². The molecule has 114 valence electrons. The van der Waals surface area contributed by atoms with Crippen molar-refractivity contribution in [2.45, 2.75) is 26.1 Å². The van der Waals surface area contributed by atoms with Crippen LogP contribution < -0.4 is 4.90 Å². The smallest absolute Gasteiger partial charge is 0.257 e. The first-order chi connectivity index (χ1) is 10.6. The summed E-state index contributed by atoms with van der Waals surface area (Å²) in [5.41, 5.74) is 1.27. The highest BCUT2D eigenvalue weighted by Crippen LogP contribution is 2.34. The molecule has 1 saturated heterocycles. The minimum Gasteiger partial charge on any atom is -0.364 e. The van der Waals surface area contributed by atoms with Crippen LogP contribution in [0.15, 0.2) is 22.7 Å². The van der Waals surface area contributed by atoms with Crippen molar-refractivity contribution in [1.29, 1.82) is 5.26 Å². The monoisotopic (exact) mass is 318 g/mol. The first kappa shape index (κ1) is 14.8. The summed E-state index contributed by atoms with van der Waals surface area (Å²) in [5, 5.41) is 13.7. The molecule has 2 heterocycles. The van der Waals surface area contributed by atoms with Gasteiger partial charge in [-0.05, 0) is 26.0 Å². The highest BCUT2D eigenvalue weighted by atomic mass is 35.5. The minimum absolute atomic E-state index is 0.0474. The number of morpholine rings is 1. The Kier molecular flexibility index (Phi) is 4.01. The van der Waals surface area contributed by atoms with Crippen molar-refractivity contribution in [1.82, 2.24) is 10.1 Å². The maximum Gasteiger partial charge on any atom is 0.257 e. The van der Waals surface area contributed by atoms with E-state index in [2.05, 4.69) is 16.2 Å². The average Bonchev–Trinajstić information content (AvgIpc) is 2.93.